The zero-order chi connectivity index (χ0) is 8.69. The van der Waals surface area contributed by atoms with Crippen LogP contribution in [0, 0.1) is 0 Å². The molecule has 0 aromatic carbocycles. The molecule has 0 amide bonds. The van der Waals surface area contributed by atoms with Crippen molar-refractivity contribution in [1.29, 1.82) is 0 Å². The average molecular weight is 162 g/mol. The highest BCUT2D eigenvalue weighted by molar-refractivity contribution is 5.76. The van der Waals surface area contributed by atoms with E-state index in [0.717, 1.165) is 0 Å². The molecule has 5 nitrogen and oxygen atoms in total. The summed E-state index contributed by atoms with van der Waals surface area (Å²) in [5, 5.41) is 8.15. The lowest BCUT2D eigenvalue weighted by Crippen LogP contribution is -2.08. The third-order valence-electron chi connectivity index (χ3n) is 0.881. The van der Waals surface area contributed by atoms with Crippen molar-refractivity contribution < 1.29 is 24.2 Å². The number of hydrogen-bond acceptors (Lipinski definition) is 4. The van der Waals surface area contributed by atoms with Crippen LogP contribution in [0.25, 0.3) is 0 Å². The number of carbonyl (C=O) groups excluding carboxylic acids is 1. The van der Waals surface area contributed by atoms with Gasteiger partial charge in [0.25, 0.3) is 0 Å². The van der Waals surface area contributed by atoms with E-state index in [2.05, 4.69) is 9.47 Å². The molecule has 11 heavy (non-hydrogen) atoms. The van der Waals surface area contributed by atoms with Gasteiger partial charge in [-0.15, -0.1) is 0 Å². The van der Waals surface area contributed by atoms with Gasteiger partial charge < -0.3 is 14.6 Å². The number of rotatable bonds is 5. The minimum Gasteiger partial charge on any atom is -0.481 e. The summed E-state index contributed by atoms with van der Waals surface area (Å²) in [4.78, 5) is 20.5. The molecule has 0 rings (SSSR count). The van der Waals surface area contributed by atoms with Gasteiger partial charge in [-0.1, -0.05) is 0 Å². The van der Waals surface area contributed by atoms with Crippen molar-refractivity contribution in [2.24, 2.45) is 0 Å². The molecule has 0 atom stereocenters. The van der Waals surface area contributed by atoms with Crippen LogP contribution in [0.4, 0.5) is 0 Å². The highest BCUT2D eigenvalue weighted by Gasteiger charge is 2.05. The monoisotopic (exact) mass is 162 g/mol. The Balaban J connectivity index is 3.30. The summed E-state index contributed by atoms with van der Waals surface area (Å²) in [7, 11) is 1.38. The summed E-state index contributed by atoms with van der Waals surface area (Å²) in [6.45, 7) is -0.127. The maximum absolute atomic E-state index is 10.5. The van der Waals surface area contributed by atoms with Crippen LogP contribution >= 0.6 is 0 Å². The summed E-state index contributed by atoms with van der Waals surface area (Å²) in [6.07, 6.45) is -0.318. The zero-order valence-electron chi connectivity index (χ0n) is 6.20. The lowest BCUT2D eigenvalue weighted by molar-refractivity contribution is -0.156. The van der Waals surface area contributed by atoms with Crippen LogP contribution in [0.15, 0.2) is 0 Å². The van der Waals surface area contributed by atoms with E-state index < -0.39 is 11.9 Å². The van der Waals surface area contributed by atoms with Crippen molar-refractivity contribution in [3.63, 3.8) is 0 Å². The summed E-state index contributed by atoms with van der Waals surface area (Å²) in [5.74, 6) is -1.58. The summed E-state index contributed by atoms with van der Waals surface area (Å²) >= 11 is 0. The van der Waals surface area contributed by atoms with Crippen LogP contribution in [0.1, 0.15) is 12.8 Å². The second-order valence-electron chi connectivity index (χ2n) is 1.82. The predicted octanol–water partition coefficient (Wildman–Crippen LogP) is -0.00170. The predicted molar refractivity (Wildman–Crippen MR) is 34.8 cm³/mol. The lowest BCUT2D eigenvalue weighted by atomic mass is 10.3. The van der Waals surface area contributed by atoms with Gasteiger partial charge >= 0.3 is 11.9 Å². The summed E-state index contributed by atoms with van der Waals surface area (Å²) in [5.41, 5.74) is 0. The van der Waals surface area contributed by atoms with Crippen molar-refractivity contribution >= 4 is 11.9 Å². The molecular formula is C6H10O5. The second kappa shape index (κ2) is 5.67. The Morgan fingerprint density at radius 2 is 2.00 bits per heavy atom. The van der Waals surface area contributed by atoms with E-state index in [0.29, 0.717) is 0 Å². The largest absolute Gasteiger partial charge is 0.481 e. The van der Waals surface area contributed by atoms with Gasteiger partial charge in [0.2, 0.25) is 0 Å². The van der Waals surface area contributed by atoms with Crippen molar-refractivity contribution in [3.05, 3.63) is 0 Å². The van der Waals surface area contributed by atoms with Crippen LogP contribution < -0.4 is 0 Å². The third kappa shape index (κ3) is 6.79. The van der Waals surface area contributed by atoms with Gasteiger partial charge in [-0.05, 0) is 0 Å². The van der Waals surface area contributed by atoms with Gasteiger partial charge in [-0.2, -0.15) is 0 Å². The number of carboxylic acid groups (broad SMARTS) is 1. The first-order valence-electron chi connectivity index (χ1n) is 3.03. The van der Waals surface area contributed by atoms with Gasteiger partial charge in [0.15, 0.2) is 6.79 Å². The number of aliphatic carboxylic acids is 1. The van der Waals surface area contributed by atoms with E-state index in [1.165, 1.54) is 7.11 Å². The molecule has 0 bridgehead atoms. The average Bonchev–Trinajstić information content (AvgIpc) is 1.97. The Bertz CT molecular complexity index is 142. The number of esters is 1. The van der Waals surface area contributed by atoms with Crippen molar-refractivity contribution in [1.82, 2.24) is 0 Å². The molecule has 0 heterocycles. The van der Waals surface area contributed by atoms with Crippen molar-refractivity contribution in [2.75, 3.05) is 13.9 Å². The standard InChI is InChI=1S/C6H10O5/c1-10-4-11-6(9)3-2-5(7)8/h2-4H2,1H3,(H,7,8). The van der Waals surface area contributed by atoms with Gasteiger partial charge in [-0.3, -0.25) is 9.59 Å². The van der Waals surface area contributed by atoms with Gasteiger partial charge in [0.1, 0.15) is 0 Å². The summed E-state index contributed by atoms with van der Waals surface area (Å²) in [6, 6.07) is 0. The SMILES string of the molecule is COCOC(=O)CCC(=O)O. The normalized spacial score (nSPS) is 9.18. The molecule has 0 aliphatic rings. The van der Waals surface area contributed by atoms with Crippen LogP contribution in [-0.2, 0) is 19.1 Å². The number of hydrogen-bond donors (Lipinski definition) is 1. The highest BCUT2D eigenvalue weighted by atomic mass is 16.7. The molecule has 0 fully saturated rings. The zero-order valence-corrected chi connectivity index (χ0v) is 6.20. The molecule has 0 radical (unpaired) electrons. The minimum atomic E-state index is -1.01. The van der Waals surface area contributed by atoms with E-state index in [9.17, 15) is 9.59 Å². The second-order valence-corrected chi connectivity index (χ2v) is 1.82. The number of methoxy groups -OCH3 is 1. The smallest absolute Gasteiger partial charge is 0.308 e. The lowest BCUT2D eigenvalue weighted by Gasteiger charge is -2.00. The topological polar surface area (TPSA) is 72.8 Å². The van der Waals surface area contributed by atoms with Gasteiger partial charge in [0.05, 0.1) is 12.8 Å². The first-order valence-corrected chi connectivity index (χ1v) is 3.03. The molecule has 0 aromatic rings. The number of carbonyl (C=O) groups is 2. The number of ether oxygens (including phenoxy) is 2. The van der Waals surface area contributed by atoms with Crippen molar-refractivity contribution in [2.45, 2.75) is 12.8 Å². The van der Waals surface area contributed by atoms with Crippen LogP contribution in [0.5, 0.6) is 0 Å². The fourth-order valence-corrected chi connectivity index (χ4v) is 0.406. The number of carboxylic acids is 1. The Labute approximate surface area is 63.9 Å². The Hall–Kier alpha value is -1.10. The van der Waals surface area contributed by atoms with Crippen LogP contribution in [0.2, 0.25) is 0 Å². The van der Waals surface area contributed by atoms with E-state index in [4.69, 9.17) is 5.11 Å². The molecule has 0 spiro atoms. The quantitative estimate of drug-likeness (QED) is 0.455. The minimum absolute atomic E-state index is 0.112. The van der Waals surface area contributed by atoms with Crippen LogP contribution in [-0.4, -0.2) is 30.9 Å². The van der Waals surface area contributed by atoms with Gasteiger partial charge in [0, 0.05) is 7.11 Å². The molecule has 0 aliphatic heterocycles. The highest BCUT2D eigenvalue weighted by Crippen LogP contribution is 1.92. The fourth-order valence-electron chi connectivity index (χ4n) is 0.406. The van der Waals surface area contributed by atoms with E-state index in [1.807, 2.05) is 0 Å². The summed E-state index contributed by atoms with van der Waals surface area (Å²) < 4.78 is 8.85. The molecular weight excluding hydrogens is 152 g/mol. The molecule has 0 aliphatic carbocycles. The Morgan fingerprint density at radius 1 is 1.36 bits per heavy atom. The Kier molecular flexibility index (Phi) is 5.10. The van der Waals surface area contributed by atoms with Crippen molar-refractivity contribution in [3.8, 4) is 0 Å². The molecule has 0 unspecified atom stereocenters. The molecule has 64 valence electrons. The fraction of sp³-hybridized carbons (Fsp3) is 0.667. The molecule has 5 heteroatoms. The molecule has 0 saturated heterocycles. The van der Waals surface area contributed by atoms with Crippen LogP contribution in [0.3, 0.4) is 0 Å². The van der Waals surface area contributed by atoms with E-state index in [1.54, 1.807) is 0 Å². The maximum Gasteiger partial charge on any atom is 0.308 e. The van der Waals surface area contributed by atoms with E-state index >= 15 is 0 Å². The molecule has 1 N–H and O–H groups in total. The first kappa shape index (κ1) is 9.90. The van der Waals surface area contributed by atoms with Gasteiger partial charge in [-0.25, -0.2) is 0 Å². The maximum atomic E-state index is 10.5. The molecule has 0 saturated carbocycles. The van der Waals surface area contributed by atoms with E-state index in [-0.39, 0.29) is 19.6 Å². The Morgan fingerprint density at radius 3 is 2.45 bits per heavy atom. The first-order chi connectivity index (χ1) is 5.16. The third-order valence-corrected chi connectivity index (χ3v) is 0.881. The molecule has 0 aromatic heterocycles.